The van der Waals surface area contributed by atoms with Crippen molar-refractivity contribution in [2.75, 3.05) is 7.05 Å². The lowest BCUT2D eigenvalue weighted by Crippen LogP contribution is -2.20. The molecule has 0 aliphatic heterocycles. The van der Waals surface area contributed by atoms with Crippen LogP contribution in [0.3, 0.4) is 0 Å². The molecule has 0 bridgehead atoms. The Balaban J connectivity index is 1.79. The van der Waals surface area contributed by atoms with Crippen LogP contribution in [0.15, 0.2) is 36.7 Å². The van der Waals surface area contributed by atoms with Crippen LogP contribution in [0.4, 0.5) is 0 Å². The number of hydrogen-bond donors (Lipinski definition) is 2. The molecule has 1 aromatic carbocycles. The van der Waals surface area contributed by atoms with Crippen molar-refractivity contribution in [3.8, 4) is 0 Å². The second-order valence-corrected chi connectivity index (χ2v) is 5.62. The van der Waals surface area contributed by atoms with E-state index in [0.717, 1.165) is 12.1 Å². The number of benzene rings is 1. The normalized spacial score (nSPS) is 18.0. The first-order valence-electron chi connectivity index (χ1n) is 7.34. The van der Waals surface area contributed by atoms with Crippen LogP contribution in [-0.2, 0) is 19.6 Å². The Labute approximate surface area is 120 Å². The van der Waals surface area contributed by atoms with E-state index in [2.05, 4.69) is 34.4 Å². The molecule has 3 heteroatoms. The largest absolute Gasteiger partial charge is 0.392 e. The number of rotatable bonds is 4. The second-order valence-electron chi connectivity index (χ2n) is 5.62. The van der Waals surface area contributed by atoms with E-state index < -0.39 is 0 Å². The van der Waals surface area contributed by atoms with Crippen molar-refractivity contribution in [3.05, 3.63) is 58.9 Å². The van der Waals surface area contributed by atoms with Crippen LogP contribution in [0, 0.1) is 0 Å². The Kier molecular flexibility index (Phi) is 3.90. The van der Waals surface area contributed by atoms with Gasteiger partial charge in [0.25, 0.3) is 0 Å². The van der Waals surface area contributed by atoms with E-state index >= 15 is 0 Å². The SMILES string of the molecule is CNC1CCCc2cn(Cc3ccc(CO)cc3)cc21. The molecule has 1 atom stereocenters. The van der Waals surface area contributed by atoms with Crippen molar-refractivity contribution in [1.82, 2.24) is 9.88 Å². The average Bonchev–Trinajstić information content (AvgIpc) is 2.90. The molecule has 2 N–H and O–H groups in total. The molecule has 0 saturated heterocycles. The van der Waals surface area contributed by atoms with Gasteiger partial charge in [0.05, 0.1) is 6.61 Å². The highest BCUT2D eigenvalue weighted by atomic mass is 16.3. The smallest absolute Gasteiger partial charge is 0.0681 e. The summed E-state index contributed by atoms with van der Waals surface area (Å²) >= 11 is 0. The van der Waals surface area contributed by atoms with Crippen LogP contribution >= 0.6 is 0 Å². The van der Waals surface area contributed by atoms with Gasteiger partial charge < -0.3 is 15.0 Å². The van der Waals surface area contributed by atoms with E-state index in [1.165, 1.54) is 36.0 Å². The Hall–Kier alpha value is -1.58. The van der Waals surface area contributed by atoms with Crippen LogP contribution in [0.2, 0.25) is 0 Å². The minimum Gasteiger partial charge on any atom is -0.392 e. The number of fused-ring (bicyclic) bond motifs is 1. The third-order valence-electron chi connectivity index (χ3n) is 4.23. The van der Waals surface area contributed by atoms with Crippen molar-refractivity contribution in [3.63, 3.8) is 0 Å². The zero-order valence-corrected chi connectivity index (χ0v) is 12.0. The average molecular weight is 270 g/mol. The lowest BCUT2D eigenvalue weighted by atomic mass is 9.91. The van der Waals surface area contributed by atoms with Gasteiger partial charge >= 0.3 is 0 Å². The quantitative estimate of drug-likeness (QED) is 0.896. The fourth-order valence-electron chi connectivity index (χ4n) is 3.10. The molecule has 1 aromatic heterocycles. The van der Waals surface area contributed by atoms with Crippen molar-refractivity contribution in [1.29, 1.82) is 0 Å². The minimum absolute atomic E-state index is 0.113. The van der Waals surface area contributed by atoms with Gasteiger partial charge in [0.15, 0.2) is 0 Å². The number of aryl methyl sites for hydroxylation is 1. The predicted molar refractivity (Wildman–Crippen MR) is 80.6 cm³/mol. The second kappa shape index (κ2) is 5.81. The molecule has 3 nitrogen and oxygen atoms in total. The van der Waals surface area contributed by atoms with Crippen LogP contribution in [0.5, 0.6) is 0 Å². The maximum absolute atomic E-state index is 9.07. The van der Waals surface area contributed by atoms with Gasteiger partial charge in [-0.3, -0.25) is 0 Å². The minimum atomic E-state index is 0.113. The molecule has 3 rings (SSSR count). The molecule has 0 saturated carbocycles. The standard InChI is InChI=1S/C17H22N2O/c1-18-17-4-2-3-15-10-19(11-16(15)17)9-13-5-7-14(12-20)8-6-13/h5-8,10-11,17-18,20H,2-4,9,12H2,1H3. The lowest BCUT2D eigenvalue weighted by molar-refractivity contribution is 0.282. The summed E-state index contributed by atoms with van der Waals surface area (Å²) in [6.07, 6.45) is 8.28. The number of aliphatic hydroxyl groups is 1. The van der Waals surface area contributed by atoms with Crippen LogP contribution < -0.4 is 5.32 Å². The Morgan fingerprint density at radius 2 is 1.95 bits per heavy atom. The molecule has 1 unspecified atom stereocenters. The topological polar surface area (TPSA) is 37.2 Å². The lowest BCUT2D eigenvalue weighted by Gasteiger charge is -2.21. The summed E-state index contributed by atoms with van der Waals surface area (Å²) < 4.78 is 2.29. The Morgan fingerprint density at radius 3 is 2.65 bits per heavy atom. The third-order valence-corrected chi connectivity index (χ3v) is 4.23. The van der Waals surface area contributed by atoms with Gasteiger partial charge in [0.2, 0.25) is 0 Å². The molecule has 0 fully saturated rings. The van der Waals surface area contributed by atoms with Gasteiger partial charge in [-0.25, -0.2) is 0 Å². The number of aromatic nitrogens is 1. The van der Waals surface area contributed by atoms with Gasteiger partial charge in [0.1, 0.15) is 0 Å². The summed E-state index contributed by atoms with van der Waals surface area (Å²) in [7, 11) is 2.05. The molecule has 0 spiro atoms. The molecule has 20 heavy (non-hydrogen) atoms. The van der Waals surface area contributed by atoms with Crippen LogP contribution in [0.1, 0.15) is 41.1 Å². The van der Waals surface area contributed by atoms with Crippen molar-refractivity contribution in [2.24, 2.45) is 0 Å². The van der Waals surface area contributed by atoms with Crippen molar-refractivity contribution in [2.45, 2.75) is 38.5 Å². The molecular formula is C17H22N2O. The van der Waals surface area contributed by atoms with E-state index in [9.17, 15) is 0 Å². The van der Waals surface area contributed by atoms with E-state index in [1.54, 1.807) is 0 Å². The first kappa shape index (κ1) is 13.4. The van der Waals surface area contributed by atoms with Crippen LogP contribution in [0.25, 0.3) is 0 Å². The van der Waals surface area contributed by atoms with E-state index in [-0.39, 0.29) is 6.61 Å². The fraction of sp³-hybridized carbons (Fsp3) is 0.412. The fourth-order valence-corrected chi connectivity index (χ4v) is 3.10. The highest BCUT2D eigenvalue weighted by Gasteiger charge is 2.20. The first-order valence-corrected chi connectivity index (χ1v) is 7.34. The van der Waals surface area contributed by atoms with Gasteiger partial charge in [-0.1, -0.05) is 24.3 Å². The molecular weight excluding hydrogens is 248 g/mol. The van der Waals surface area contributed by atoms with Crippen molar-refractivity contribution < 1.29 is 5.11 Å². The van der Waals surface area contributed by atoms with E-state index in [0.29, 0.717) is 6.04 Å². The maximum Gasteiger partial charge on any atom is 0.0681 e. The number of hydrogen-bond acceptors (Lipinski definition) is 2. The molecule has 106 valence electrons. The third kappa shape index (κ3) is 2.65. The molecule has 0 amide bonds. The summed E-state index contributed by atoms with van der Waals surface area (Å²) in [6.45, 7) is 1.01. The number of aliphatic hydroxyl groups excluding tert-OH is 1. The number of nitrogens with one attached hydrogen (secondary N) is 1. The van der Waals surface area contributed by atoms with Gasteiger partial charge in [-0.15, -0.1) is 0 Å². The summed E-state index contributed by atoms with van der Waals surface area (Å²) in [4.78, 5) is 0. The summed E-state index contributed by atoms with van der Waals surface area (Å²) in [5, 5.41) is 12.5. The zero-order valence-electron chi connectivity index (χ0n) is 12.0. The molecule has 1 aliphatic carbocycles. The Bertz CT molecular complexity index is 571. The summed E-state index contributed by atoms with van der Waals surface area (Å²) in [5.41, 5.74) is 5.19. The maximum atomic E-state index is 9.07. The summed E-state index contributed by atoms with van der Waals surface area (Å²) in [5.74, 6) is 0. The molecule has 1 heterocycles. The monoisotopic (exact) mass is 270 g/mol. The van der Waals surface area contributed by atoms with E-state index in [4.69, 9.17) is 5.11 Å². The molecule has 0 radical (unpaired) electrons. The molecule has 2 aromatic rings. The van der Waals surface area contributed by atoms with E-state index in [1.807, 2.05) is 19.2 Å². The highest BCUT2D eigenvalue weighted by Crippen LogP contribution is 2.30. The van der Waals surface area contributed by atoms with Gasteiger partial charge in [-0.2, -0.15) is 0 Å². The predicted octanol–water partition coefficient (Wildman–Crippen LogP) is 2.63. The van der Waals surface area contributed by atoms with Crippen LogP contribution in [-0.4, -0.2) is 16.7 Å². The summed E-state index contributed by atoms with van der Waals surface area (Å²) in [6, 6.07) is 8.70. The Morgan fingerprint density at radius 1 is 1.20 bits per heavy atom. The van der Waals surface area contributed by atoms with Gasteiger partial charge in [-0.05, 0) is 48.6 Å². The van der Waals surface area contributed by atoms with Gasteiger partial charge in [0, 0.05) is 25.0 Å². The molecule has 1 aliphatic rings. The highest BCUT2D eigenvalue weighted by molar-refractivity contribution is 5.31. The zero-order chi connectivity index (χ0) is 13.9. The first-order chi connectivity index (χ1) is 9.80. The van der Waals surface area contributed by atoms with Crippen molar-refractivity contribution >= 4 is 0 Å². The number of nitrogens with zero attached hydrogens (tertiary/aromatic N) is 1.